The molecule has 0 radical (unpaired) electrons. The van der Waals surface area contributed by atoms with Crippen LogP contribution < -0.4 is 0 Å². The average Bonchev–Trinajstić information content (AvgIpc) is 3.21. The van der Waals surface area contributed by atoms with E-state index in [0.717, 1.165) is 0 Å². The Hall–Kier alpha value is -2.58. The third kappa shape index (κ3) is 2.22. The molecule has 3 aromatic carbocycles. The fourth-order valence-corrected chi connectivity index (χ4v) is 4.87. The second-order valence-corrected chi connectivity index (χ2v) is 7.64. The molecule has 1 nitrogen and oxygen atoms in total. The summed E-state index contributed by atoms with van der Waals surface area (Å²) in [7, 11) is 0. The van der Waals surface area contributed by atoms with Crippen LogP contribution in [0.4, 0.5) is 0 Å². The van der Waals surface area contributed by atoms with Crippen LogP contribution in [0.3, 0.4) is 0 Å². The lowest BCUT2D eigenvalue weighted by Gasteiger charge is -2.10. The first-order valence-corrected chi connectivity index (χ1v) is 9.70. The molecule has 0 aliphatic carbocycles. The van der Waals surface area contributed by atoms with E-state index in [1.807, 2.05) is 0 Å². The number of halogens is 1. The van der Waals surface area contributed by atoms with Crippen molar-refractivity contribution >= 4 is 15.9 Å². The summed E-state index contributed by atoms with van der Waals surface area (Å²) in [6.45, 7) is 2.31. The third-order valence-corrected chi connectivity index (χ3v) is 6.00. The van der Waals surface area contributed by atoms with Gasteiger partial charge in [0.25, 0.3) is 0 Å². The smallest absolute Gasteiger partial charge is 0.0538 e. The van der Waals surface area contributed by atoms with Crippen LogP contribution >= 0.6 is 15.9 Å². The first-order valence-electron chi connectivity index (χ1n) is 8.91. The van der Waals surface area contributed by atoms with E-state index in [2.05, 4.69) is 112 Å². The maximum Gasteiger partial charge on any atom is 0.0538 e. The van der Waals surface area contributed by atoms with E-state index in [1.165, 1.54) is 43.8 Å². The minimum Gasteiger partial charge on any atom is -0.312 e. The molecular formula is C24H18BrN. The lowest BCUT2D eigenvalue weighted by atomic mass is 9.94. The van der Waals surface area contributed by atoms with Gasteiger partial charge in [-0.3, -0.25) is 0 Å². The molecule has 4 aromatic rings. The topological polar surface area (TPSA) is 4.93 Å². The summed E-state index contributed by atoms with van der Waals surface area (Å²) < 4.78 is 3.63. The fraction of sp³-hybridized carbons (Fsp3) is 0.0833. The minimum atomic E-state index is 0.341. The van der Waals surface area contributed by atoms with Crippen LogP contribution in [0, 0.1) is 0 Å². The molecule has 26 heavy (non-hydrogen) atoms. The second-order valence-electron chi connectivity index (χ2n) is 6.79. The SMILES string of the molecule is CC1c2c(Br)cccc2-n2c(-c3ccccc3)cc(-c3ccccc3)c21. The van der Waals surface area contributed by atoms with Crippen molar-refractivity contribution in [3.8, 4) is 28.1 Å². The third-order valence-electron chi connectivity index (χ3n) is 5.31. The maximum atomic E-state index is 3.78. The molecule has 2 heteroatoms. The van der Waals surface area contributed by atoms with Gasteiger partial charge in [0.1, 0.15) is 0 Å². The standard InChI is InChI=1S/C24H18BrN/c1-16-23-20(25)13-8-14-21(23)26-22(18-11-6-3-7-12-18)15-19(24(16)26)17-9-4-2-5-10-17/h2-16H,1H3. The summed E-state index contributed by atoms with van der Waals surface area (Å²) in [5.41, 5.74) is 9.12. The van der Waals surface area contributed by atoms with Crippen molar-refractivity contribution < 1.29 is 0 Å². The molecule has 0 saturated heterocycles. The molecule has 1 aliphatic heterocycles. The number of hydrogen-bond donors (Lipinski definition) is 0. The molecular weight excluding hydrogens is 382 g/mol. The molecule has 0 N–H and O–H groups in total. The molecule has 126 valence electrons. The van der Waals surface area contributed by atoms with E-state index in [-0.39, 0.29) is 0 Å². The Labute approximate surface area is 162 Å². The van der Waals surface area contributed by atoms with E-state index in [1.54, 1.807) is 0 Å². The highest BCUT2D eigenvalue weighted by Crippen LogP contribution is 2.49. The van der Waals surface area contributed by atoms with Crippen LogP contribution in [-0.4, -0.2) is 4.57 Å². The Morgan fingerprint density at radius 3 is 2.12 bits per heavy atom. The number of nitrogens with zero attached hydrogens (tertiary/aromatic N) is 1. The van der Waals surface area contributed by atoms with Crippen molar-refractivity contribution in [1.29, 1.82) is 0 Å². The number of fused-ring (bicyclic) bond motifs is 3. The normalized spacial score (nSPS) is 14.9. The molecule has 2 heterocycles. The lowest BCUT2D eigenvalue weighted by molar-refractivity contribution is 0.910. The van der Waals surface area contributed by atoms with Gasteiger partial charge in [-0.25, -0.2) is 0 Å². The van der Waals surface area contributed by atoms with Crippen molar-refractivity contribution in [2.24, 2.45) is 0 Å². The van der Waals surface area contributed by atoms with Gasteiger partial charge in [-0.2, -0.15) is 0 Å². The van der Waals surface area contributed by atoms with Gasteiger partial charge in [0, 0.05) is 21.6 Å². The van der Waals surface area contributed by atoms with Crippen LogP contribution in [-0.2, 0) is 0 Å². The van der Waals surface area contributed by atoms with Crippen LogP contribution in [0.5, 0.6) is 0 Å². The van der Waals surface area contributed by atoms with Crippen LogP contribution in [0.2, 0.25) is 0 Å². The number of rotatable bonds is 2. The highest BCUT2D eigenvalue weighted by atomic mass is 79.9. The largest absolute Gasteiger partial charge is 0.312 e. The van der Waals surface area contributed by atoms with Gasteiger partial charge in [0.15, 0.2) is 0 Å². The molecule has 0 amide bonds. The van der Waals surface area contributed by atoms with Crippen molar-refractivity contribution in [3.63, 3.8) is 0 Å². The minimum absolute atomic E-state index is 0.341. The number of aromatic nitrogens is 1. The van der Waals surface area contributed by atoms with Gasteiger partial charge >= 0.3 is 0 Å². The summed E-state index contributed by atoms with van der Waals surface area (Å²) in [4.78, 5) is 0. The summed E-state index contributed by atoms with van der Waals surface area (Å²) in [5, 5.41) is 0. The Balaban J connectivity index is 1.86. The van der Waals surface area contributed by atoms with E-state index >= 15 is 0 Å². The van der Waals surface area contributed by atoms with Gasteiger partial charge < -0.3 is 4.57 Å². The molecule has 0 saturated carbocycles. The molecule has 1 aromatic heterocycles. The number of benzene rings is 3. The van der Waals surface area contributed by atoms with Gasteiger partial charge in [-0.05, 0) is 34.9 Å². The highest BCUT2D eigenvalue weighted by Gasteiger charge is 2.32. The molecule has 1 aliphatic rings. The second kappa shape index (κ2) is 6.00. The monoisotopic (exact) mass is 399 g/mol. The van der Waals surface area contributed by atoms with Gasteiger partial charge in [0.05, 0.1) is 11.4 Å². The molecule has 0 fully saturated rings. The van der Waals surface area contributed by atoms with E-state index in [9.17, 15) is 0 Å². The Kier molecular flexibility index (Phi) is 3.61. The molecule has 0 spiro atoms. The first-order chi connectivity index (χ1) is 12.8. The zero-order valence-electron chi connectivity index (χ0n) is 14.5. The van der Waals surface area contributed by atoms with E-state index < -0.39 is 0 Å². The summed E-state index contributed by atoms with van der Waals surface area (Å²) in [6, 6.07) is 30.2. The fourth-order valence-electron chi connectivity index (χ4n) is 4.17. The quantitative estimate of drug-likeness (QED) is 0.340. The predicted octanol–water partition coefficient (Wildman–Crippen LogP) is 7.04. The van der Waals surface area contributed by atoms with Crippen molar-refractivity contribution in [2.75, 3.05) is 0 Å². The lowest BCUT2D eigenvalue weighted by Crippen LogP contribution is -1.96. The summed E-state index contributed by atoms with van der Waals surface area (Å²) in [5.74, 6) is 0.341. The van der Waals surface area contributed by atoms with Gasteiger partial charge in [0.2, 0.25) is 0 Å². The molecule has 1 atom stereocenters. The zero-order chi connectivity index (χ0) is 17.7. The predicted molar refractivity (Wildman–Crippen MR) is 112 cm³/mol. The van der Waals surface area contributed by atoms with Crippen LogP contribution in [0.25, 0.3) is 28.1 Å². The Morgan fingerprint density at radius 1 is 0.769 bits per heavy atom. The summed E-state index contributed by atoms with van der Waals surface area (Å²) >= 11 is 3.78. The zero-order valence-corrected chi connectivity index (χ0v) is 16.1. The van der Waals surface area contributed by atoms with Crippen LogP contribution in [0.15, 0.2) is 89.4 Å². The van der Waals surface area contributed by atoms with Gasteiger partial charge in [-0.15, -0.1) is 0 Å². The Morgan fingerprint density at radius 2 is 1.42 bits per heavy atom. The van der Waals surface area contributed by atoms with E-state index in [4.69, 9.17) is 0 Å². The Bertz CT molecular complexity index is 1090. The summed E-state index contributed by atoms with van der Waals surface area (Å²) in [6.07, 6.45) is 0. The van der Waals surface area contributed by atoms with Crippen molar-refractivity contribution in [1.82, 2.24) is 4.57 Å². The van der Waals surface area contributed by atoms with E-state index in [0.29, 0.717) is 5.92 Å². The molecule has 1 unspecified atom stereocenters. The van der Waals surface area contributed by atoms with Gasteiger partial charge in [-0.1, -0.05) is 89.6 Å². The van der Waals surface area contributed by atoms with Crippen molar-refractivity contribution in [3.05, 3.63) is 101 Å². The molecule has 5 rings (SSSR count). The van der Waals surface area contributed by atoms with Crippen LogP contribution in [0.1, 0.15) is 24.1 Å². The highest BCUT2D eigenvalue weighted by molar-refractivity contribution is 9.10. The first kappa shape index (κ1) is 15.7. The van der Waals surface area contributed by atoms with Crippen molar-refractivity contribution in [2.45, 2.75) is 12.8 Å². The number of hydrogen-bond acceptors (Lipinski definition) is 0. The molecule has 0 bridgehead atoms. The maximum absolute atomic E-state index is 3.78. The average molecular weight is 400 g/mol.